The molecule has 0 amide bonds. The van der Waals surface area contributed by atoms with Crippen molar-refractivity contribution in [3.05, 3.63) is 35.4 Å². The molecule has 0 radical (unpaired) electrons. The van der Waals surface area contributed by atoms with Crippen molar-refractivity contribution in [1.29, 1.82) is 0 Å². The van der Waals surface area contributed by atoms with Gasteiger partial charge in [0.15, 0.2) is 6.29 Å². The van der Waals surface area contributed by atoms with Gasteiger partial charge in [-0.05, 0) is 17.7 Å². The van der Waals surface area contributed by atoms with E-state index in [1.54, 1.807) is 12.1 Å². The first-order chi connectivity index (χ1) is 9.49. The van der Waals surface area contributed by atoms with Gasteiger partial charge in [-0.3, -0.25) is 0 Å². The Bertz CT molecular complexity index is 470. The van der Waals surface area contributed by atoms with Crippen LogP contribution in [0.4, 0.5) is 0 Å². The molecule has 0 aliphatic carbocycles. The molecule has 112 valence electrons. The van der Waals surface area contributed by atoms with Crippen LogP contribution in [0.15, 0.2) is 24.3 Å². The number of carboxylic acids is 1. The SMILES string of the molecule is O=C(O)c1ccc(CO[C@H]2OC[C@@H](O)[C@H](O)[C@H]2O)cc1.[H-].[Li+]. The Labute approximate surface area is 134 Å². The molecule has 4 atom stereocenters. The molecule has 7 nitrogen and oxygen atoms in total. The van der Waals surface area contributed by atoms with Crippen molar-refractivity contribution >= 4 is 5.97 Å². The van der Waals surface area contributed by atoms with Crippen molar-refractivity contribution in [2.24, 2.45) is 0 Å². The molecule has 2 rings (SSSR count). The second kappa shape index (κ2) is 7.92. The third-order valence-electron chi connectivity index (χ3n) is 3.07. The third kappa shape index (κ3) is 4.53. The number of aromatic carboxylic acids is 1. The second-order valence-electron chi connectivity index (χ2n) is 4.56. The topological polar surface area (TPSA) is 116 Å². The molecular weight excluding hydrogens is 275 g/mol. The van der Waals surface area contributed by atoms with E-state index in [-0.39, 0.29) is 39.1 Å². The number of ether oxygens (including phenoxy) is 2. The number of carbonyl (C=O) groups is 1. The third-order valence-corrected chi connectivity index (χ3v) is 3.07. The number of aliphatic hydroxyl groups excluding tert-OH is 3. The van der Waals surface area contributed by atoms with Crippen molar-refractivity contribution < 1.29 is 55.0 Å². The number of aliphatic hydroxyl groups is 3. The number of rotatable bonds is 4. The molecule has 1 aromatic rings. The van der Waals surface area contributed by atoms with Crippen LogP contribution in [-0.2, 0) is 16.1 Å². The monoisotopic (exact) mass is 292 g/mol. The predicted octanol–water partition coefficient (Wildman–Crippen LogP) is -3.54. The number of benzene rings is 1. The van der Waals surface area contributed by atoms with Crippen LogP contribution in [0.25, 0.3) is 0 Å². The smallest absolute Gasteiger partial charge is 1.00 e. The first kappa shape index (κ1) is 18.1. The molecule has 1 fully saturated rings. The van der Waals surface area contributed by atoms with Gasteiger partial charge in [-0.15, -0.1) is 0 Å². The summed E-state index contributed by atoms with van der Waals surface area (Å²) in [5.41, 5.74) is 0.868. The maximum Gasteiger partial charge on any atom is 1.00 e. The summed E-state index contributed by atoms with van der Waals surface area (Å²) in [5, 5.41) is 37.2. The van der Waals surface area contributed by atoms with Crippen molar-refractivity contribution in [3.63, 3.8) is 0 Å². The molecule has 1 aliphatic rings. The van der Waals surface area contributed by atoms with Gasteiger partial charge in [0.25, 0.3) is 0 Å². The summed E-state index contributed by atoms with van der Waals surface area (Å²) in [6.07, 6.45) is -4.83. The van der Waals surface area contributed by atoms with E-state index in [1.165, 1.54) is 12.1 Å². The summed E-state index contributed by atoms with van der Waals surface area (Å²) in [6, 6.07) is 6.06. The largest absolute Gasteiger partial charge is 1.00 e. The van der Waals surface area contributed by atoms with E-state index < -0.39 is 30.6 Å². The van der Waals surface area contributed by atoms with Crippen LogP contribution >= 0.6 is 0 Å². The van der Waals surface area contributed by atoms with Crippen LogP contribution in [0.5, 0.6) is 0 Å². The van der Waals surface area contributed by atoms with Gasteiger partial charge >= 0.3 is 24.8 Å². The van der Waals surface area contributed by atoms with E-state index in [9.17, 15) is 20.1 Å². The van der Waals surface area contributed by atoms with Crippen LogP contribution in [0.3, 0.4) is 0 Å². The molecule has 0 aromatic heterocycles. The minimum Gasteiger partial charge on any atom is -1.00 e. The van der Waals surface area contributed by atoms with Crippen LogP contribution < -0.4 is 18.9 Å². The maximum atomic E-state index is 10.7. The van der Waals surface area contributed by atoms with Gasteiger partial charge in [0, 0.05) is 0 Å². The van der Waals surface area contributed by atoms with Crippen molar-refractivity contribution in [3.8, 4) is 0 Å². The fourth-order valence-electron chi connectivity index (χ4n) is 1.85. The van der Waals surface area contributed by atoms with Crippen molar-refractivity contribution in [1.82, 2.24) is 0 Å². The van der Waals surface area contributed by atoms with Gasteiger partial charge in [0.05, 0.1) is 18.8 Å². The summed E-state index contributed by atoms with van der Waals surface area (Å²) in [5.74, 6) is -1.01. The molecule has 21 heavy (non-hydrogen) atoms. The zero-order chi connectivity index (χ0) is 14.7. The molecule has 1 aromatic carbocycles. The molecule has 0 bridgehead atoms. The molecule has 1 saturated heterocycles. The Morgan fingerprint density at radius 2 is 1.86 bits per heavy atom. The number of hydrogen-bond acceptors (Lipinski definition) is 6. The first-order valence-electron chi connectivity index (χ1n) is 6.08. The van der Waals surface area contributed by atoms with E-state index in [0.29, 0.717) is 5.56 Å². The Morgan fingerprint density at radius 3 is 2.43 bits per heavy atom. The zero-order valence-electron chi connectivity index (χ0n) is 12.5. The zero-order valence-corrected chi connectivity index (χ0v) is 11.5. The standard InChI is InChI=1S/C13H16O7.Li.H/c14-9-6-20-13(11(16)10(9)15)19-5-7-1-3-8(4-2-7)12(17)18;;/h1-4,9-11,13-16H,5-6H2,(H,17,18);;/q;+1;-1/t9-,10+,11-,13+;;/m1../s1. The molecule has 1 aliphatic heterocycles. The second-order valence-corrected chi connectivity index (χ2v) is 4.56. The summed E-state index contributed by atoms with van der Waals surface area (Å²) in [6.45, 7) is -0.0364. The van der Waals surface area contributed by atoms with E-state index in [0.717, 1.165) is 0 Å². The first-order valence-corrected chi connectivity index (χ1v) is 6.08. The van der Waals surface area contributed by atoms with Gasteiger partial charge in [0.2, 0.25) is 0 Å². The molecule has 8 heteroatoms. The van der Waals surface area contributed by atoms with Crippen LogP contribution in [0.1, 0.15) is 17.3 Å². The van der Waals surface area contributed by atoms with Gasteiger partial charge in [-0.1, -0.05) is 12.1 Å². The number of hydrogen-bond donors (Lipinski definition) is 4. The van der Waals surface area contributed by atoms with E-state index in [2.05, 4.69) is 0 Å². The van der Waals surface area contributed by atoms with Crippen LogP contribution in [0.2, 0.25) is 0 Å². The van der Waals surface area contributed by atoms with Gasteiger partial charge < -0.3 is 31.3 Å². The van der Waals surface area contributed by atoms with Crippen LogP contribution in [-0.4, -0.2) is 57.6 Å². The molecule has 0 unspecified atom stereocenters. The summed E-state index contributed by atoms with van der Waals surface area (Å²) < 4.78 is 10.4. The Balaban J connectivity index is 0.00000220. The molecular formula is C13H17LiO7. The summed E-state index contributed by atoms with van der Waals surface area (Å²) >= 11 is 0. The predicted molar refractivity (Wildman–Crippen MR) is 67.1 cm³/mol. The summed E-state index contributed by atoms with van der Waals surface area (Å²) in [4.78, 5) is 10.7. The van der Waals surface area contributed by atoms with Crippen LogP contribution in [0, 0.1) is 0 Å². The minimum absolute atomic E-state index is 0. The van der Waals surface area contributed by atoms with Crippen molar-refractivity contribution in [2.75, 3.05) is 6.61 Å². The van der Waals surface area contributed by atoms with Gasteiger partial charge in [-0.25, -0.2) is 4.79 Å². The Hall–Kier alpha value is -0.913. The summed E-state index contributed by atoms with van der Waals surface area (Å²) in [7, 11) is 0. The van der Waals surface area contributed by atoms with Gasteiger partial charge in [0.1, 0.15) is 18.3 Å². The van der Waals surface area contributed by atoms with Gasteiger partial charge in [-0.2, -0.15) is 0 Å². The quantitative estimate of drug-likeness (QED) is 0.425. The Morgan fingerprint density at radius 1 is 1.24 bits per heavy atom. The van der Waals surface area contributed by atoms with E-state index >= 15 is 0 Å². The minimum atomic E-state index is -1.34. The normalized spacial score (nSPS) is 28.7. The average Bonchev–Trinajstić information content (AvgIpc) is 2.44. The maximum absolute atomic E-state index is 10.7. The molecule has 0 spiro atoms. The molecule has 0 saturated carbocycles. The fourth-order valence-corrected chi connectivity index (χ4v) is 1.85. The Kier molecular flexibility index (Phi) is 6.84. The molecule has 4 N–H and O–H groups in total. The van der Waals surface area contributed by atoms with E-state index in [1.807, 2.05) is 0 Å². The molecule has 1 heterocycles. The van der Waals surface area contributed by atoms with E-state index in [4.69, 9.17) is 14.6 Å². The number of carboxylic acid groups (broad SMARTS) is 1. The van der Waals surface area contributed by atoms with Crippen molar-refractivity contribution in [2.45, 2.75) is 31.2 Å². The fraction of sp³-hybridized carbons (Fsp3) is 0.462. The average molecular weight is 292 g/mol.